The van der Waals surface area contributed by atoms with Gasteiger partial charge in [0.2, 0.25) is 0 Å². The Morgan fingerprint density at radius 1 is 1.39 bits per heavy atom. The highest BCUT2D eigenvalue weighted by Crippen LogP contribution is 2.49. The van der Waals surface area contributed by atoms with Gasteiger partial charge in [0.25, 0.3) is 0 Å². The van der Waals surface area contributed by atoms with Crippen LogP contribution in [0.2, 0.25) is 0 Å². The molecule has 18 heavy (non-hydrogen) atoms. The van der Waals surface area contributed by atoms with E-state index in [2.05, 4.69) is 14.8 Å². The van der Waals surface area contributed by atoms with Gasteiger partial charge in [0.1, 0.15) is 11.7 Å². The Morgan fingerprint density at radius 3 is 2.72 bits per heavy atom. The molecule has 0 amide bonds. The Labute approximate surface area is 107 Å². The van der Waals surface area contributed by atoms with Gasteiger partial charge in [0, 0.05) is 6.04 Å². The first-order valence-corrected chi connectivity index (χ1v) is 6.76. The molecule has 5 nitrogen and oxygen atoms in total. The molecule has 0 spiro atoms. The summed E-state index contributed by atoms with van der Waals surface area (Å²) < 4.78 is 7.05. The third-order valence-corrected chi connectivity index (χ3v) is 4.30. The monoisotopic (exact) mass is 249 g/mol. The molecule has 0 aliphatic heterocycles. The normalized spacial score (nSPS) is 22.7. The van der Waals surface area contributed by atoms with Crippen molar-refractivity contribution in [2.24, 2.45) is 0 Å². The van der Waals surface area contributed by atoms with E-state index in [9.17, 15) is 4.79 Å². The molecule has 2 aliphatic carbocycles. The lowest BCUT2D eigenvalue weighted by atomic mass is 9.94. The molecule has 3 rings (SSSR count). The molecule has 2 saturated carbocycles. The Bertz CT molecular complexity index is 445. The molecule has 1 heterocycles. The van der Waals surface area contributed by atoms with Crippen LogP contribution in [0.4, 0.5) is 0 Å². The van der Waals surface area contributed by atoms with Crippen molar-refractivity contribution in [2.75, 3.05) is 7.11 Å². The quantitative estimate of drug-likeness (QED) is 0.769. The van der Waals surface area contributed by atoms with E-state index in [-0.39, 0.29) is 5.97 Å². The van der Waals surface area contributed by atoms with E-state index in [1.165, 1.54) is 39.2 Å². The van der Waals surface area contributed by atoms with Gasteiger partial charge in [-0.25, -0.2) is 0 Å². The molecule has 98 valence electrons. The summed E-state index contributed by atoms with van der Waals surface area (Å²) in [5, 5.41) is 8.23. The molecular formula is C13H19N3O2. The third kappa shape index (κ3) is 1.72. The first-order valence-electron chi connectivity index (χ1n) is 6.76. The Balaban J connectivity index is 1.89. The van der Waals surface area contributed by atoms with Gasteiger partial charge in [0.15, 0.2) is 5.82 Å². The highest BCUT2D eigenvalue weighted by atomic mass is 16.5. The van der Waals surface area contributed by atoms with Crippen LogP contribution in [-0.4, -0.2) is 27.8 Å². The fourth-order valence-corrected chi connectivity index (χ4v) is 3.05. The van der Waals surface area contributed by atoms with E-state index in [1.54, 1.807) is 6.33 Å². The van der Waals surface area contributed by atoms with Crippen LogP contribution in [0.25, 0.3) is 0 Å². The lowest BCUT2D eigenvalue weighted by Crippen LogP contribution is -2.28. The SMILES string of the molecule is COC(=O)C1(c2nncn2C2CCCCC2)CC1. The summed E-state index contributed by atoms with van der Waals surface area (Å²) >= 11 is 0. The minimum Gasteiger partial charge on any atom is -0.468 e. The number of methoxy groups -OCH3 is 1. The maximum absolute atomic E-state index is 11.9. The largest absolute Gasteiger partial charge is 0.468 e. The van der Waals surface area contributed by atoms with Gasteiger partial charge in [-0.15, -0.1) is 10.2 Å². The van der Waals surface area contributed by atoms with Crippen LogP contribution in [0.5, 0.6) is 0 Å². The number of ether oxygens (including phenoxy) is 1. The highest BCUT2D eigenvalue weighted by Gasteiger charge is 2.56. The van der Waals surface area contributed by atoms with Crippen molar-refractivity contribution < 1.29 is 9.53 Å². The smallest absolute Gasteiger partial charge is 0.319 e. The van der Waals surface area contributed by atoms with Crippen molar-refractivity contribution in [1.29, 1.82) is 0 Å². The predicted molar refractivity (Wildman–Crippen MR) is 65.1 cm³/mol. The molecule has 0 atom stereocenters. The molecular weight excluding hydrogens is 230 g/mol. The van der Waals surface area contributed by atoms with Gasteiger partial charge < -0.3 is 9.30 Å². The number of carbonyl (C=O) groups excluding carboxylic acids is 1. The maximum atomic E-state index is 11.9. The first-order chi connectivity index (χ1) is 8.78. The van der Waals surface area contributed by atoms with Crippen LogP contribution in [0.1, 0.15) is 56.8 Å². The summed E-state index contributed by atoms with van der Waals surface area (Å²) in [5.74, 6) is 0.661. The minimum atomic E-state index is -0.497. The lowest BCUT2D eigenvalue weighted by Gasteiger charge is -2.25. The third-order valence-electron chi connectivity index (χ3n) is 4.30. The molecule has 1 aromatic rings. The molecule has 5 heteroatoms. The molecule has 2 fully saturated rings. The number of nitrogens with zero attached hydrogens (tertiary/aromatic N) is 3. The summed E-state index contributed by atoms with van der Waals surface area (Å²) in [6, 6.07) is 0.464. The van der Waals surface area contributed by atoms with E-state index in [0.29, 0.717) is 6.04 Å². The zero-order chi connectivity index (χ0) is 12.6. The number of rotatable bonds is 3. The summed E-state index contributed by atoms with van der Waals surface area (Å²) in [4.78, 5) is 11.9. The van der Waals surface area contributed by atoms with Crippen LogP contribution < -0.4 is 0 Å². The lowest BCUT2D eigenvalue weighted by molar-refractivity contribution is -0.144. The van der Waals surface area contributed by atoms with Crippen molar-refractivity contribution in [3.63, 3.8) is 0 Å². The zero-order valence-corrected chi connectivity index (χ0v) is 10.8. The molecule has 0 unspecified atom stereocenters. The van der Waals surface area contributed by atoms with Gasteiger partial charge >= 0.3 is 5.97 Å². The van der Waals surface area contributed by atoms with Gasteiger partial charge in [-0.1, -0.05) is 19.3 Å². The standard InChI is InChI=1S/C13H19N3O2/c1-18-12(17)13(7-8-13)11-15-14-9-16(11)10-5-3-2-4-6-10/h9-10H,2-8H2,1H3. The highest BCUT2D eigenvalue weighted by molar-refractivity contribution is 5.85. The second-order valence-corrected chi connectivity index (χ2v) is 5.43. The van der Waals surface area contributed by atoms with Crippen molar-refractivity contribution in [3.8, 4) is 0 Å². The fourth-order valence-electron chi connectivity index (χ4n) is 3.05. The number of aromatic nitrogens is 3. The predicted octanol–water partition coefficient (Wildman–Crippen LogP) is 1.99. The molecule has 1 aromatic heterocycles. The van der Waals surface area contributed by atoms with Crippen LogP contribution in [-0.2, 0) is 14.9 Å². The van der Waals surface area contributed by atoms with E-state index in [0.717, 1.165) is 18.7 Å². The summed E-state index contributed by atoms with van der Waals surface area (Å²) in [7, 11) is 1.45. The molecule has 0 radical (unpaired) electrons. The molecule has 0 saturated heterocycles. The van der Waals surface area contributed by atoms with Crippen molar-refractivity contribution in [3.05, 3.63) is 12.2 Å². The summed E-state index contributed by atoms with van der Waals surface area (Å²) in [5.41, 5.74) is -0.497. The topological polar surface area (TPSA) is 57.0 Å². The van der Waals surface area contributed by atoms with Crippen molar-refractivity contribution in [2.45, 2.75) is 56.4 Å². The average molecular weight is 249 g/mol. The summed E-state index contributed by atoms with van der Waals surface area (Å²) in [6.45, 7) is 0. The van der Waals surface area contributed by atoms with Crippen LogP contribution >= 0.6 is 0 Å². The van der Waals surface area contributed by atoms with E-state index < -0.39 is 5.41 Å². The van der Waals surface area contributed by atoms with Crippen LogP contribution in [0.3, 0.4) is 0 Å². The maximum Gasteiger partial charge on any atom is 0.319 e. The average Bonchev–Trinajstić information content (AvgIpc) is 3.09. The second kappa shape index (κ2) is 4.37. The second-order valence-electron chi connectivity index (χ2n) is 5.43. The minimum absolute atomic E-state index is 0.160. The number of esters is 1. The number of hydrogen-bond donors (Lipinski definition) is 0. The van der Waals surface area contributed by atoms with E-state index in [4.69, 9.17) is 4.74 Å². The molecule has 0 N–H and O–H groups in total. The Morgan fingerprint density at radius 2 is 2.11 bits per heavy atom. The van der Waals surface area contributed by atoms with Crippen LogP contribution in [0.15, 0.2) is 6.33 Å². The number of carbonyl (C=O) groups is 1. The Kier molecular flexibility index (Phi) is 2.84. The first kappa shape index (κ1) is 11.7. The molecule has 0 aromatic carbocycles. The van der Waals surface area contributed by atoms with Crippen LogP contribution in [0, 0.1) is 0 Å². The van der Waals surface area contributed by atoms with Crippen molar-refractivity contribution in [1.82, 2.24) is 14.8 Å². The van der Waals surface area contributed by atoms with Gasteiger partial charge in [-0.2, -0.15) is 0 Å². The number of hydrogen-bond acceptors (Lipinski definition) is 4. The summed E-state index contributed by atoms with van der Waals surface area (Å²) in [6.07, 6.45) is 9.63. The molecule has 2 aliphatic rings. The fraction of sp³-hybridized carbons (Fsp3) is 0.769. The molecule has 0 bridgehead atoms. The van der Waals surface area contributed by atoms with E-state index in [1.807, 2.05) is 0 Å². The zero-order valence-electron chi connectivity index (χ0n) is 10.8. The van der Waals surface area contributed by atoms with Gasteiger partial charge in [0.05, 0.1) is 7.11 Å². The van der Waals surface area contributed by atoms with Gasteiger partial charge in [-0.05, 0) is 25.7 Å². The van der Waals surface area contributed by atoms with Crippen molar-refractivity contribution >= 4 is 5.97 Å². The van der Waals surface area contributed by atoms with E-state index >= 15 is 0 Å². The van der Waals surface area contributed by atoms with Gasteiger partial charge in [-0.3, -0.25) is 4.79 Å². The Hall–Kier alpha value is -1.39.